The summed E-state index contributed by atoms with van der Waals surface area (Å²) >= 11 is 0. The van der Waals surface area contributed by atoms with Gasteiger partial charge in [0.1, 0.15) is 11.6 Å². The van der Waals surface area contributed by atoms with Gasteiger partial charge in [0.15, 0.2) is 4.90 Å². The summed E-state index contributed by atoms with van der Waals surface area (Å²) in [6.45, 7) is 2.79. The lowest BCUT2D eigenvalue weighted by Gasteiger charge is -2.28. The minimum absolute atomic E-state index is 0.231. The average Bonchev–Trinajstić information content (AvgIpc) is 2.55. The van der Waals surface area contributed by atoms with Gasteiger partial charge in [-0.1, -0.05) is 6.07 Å². The Morgan fingerprint density at radius 1 is 0.958 bits per heavy atom. The van der Waals surface area contributed by atoms with Crippen LogP contribution < -0.4 is 9.62 Å². The van der Waals surface area contributed by atoms with Crippen molar-refractivity contribution in [3.8, 4) is 0 Å². The predicted octanol–water partition coefficient (Wildman–Crippen LogP) is 2.60. The van der Waals surface area contributed by atoms with Gasteiger partial charge in [-0.05, 0) is 36.4 Å². The Morgan fingerprint density at radius 3 is 2.12 bits per heavy atom. The topological polar surface area (TPSA) is 58.6 Å². The quantitative estimate of drug-likeness (QED) is 0.917. The third kappa shape index (κ3) is 3.49. The fourth-order valence-electron chi connectivity index (χ4n) is 2.51. The van der Waals surface area contributed by atoms with E-state index in [2.05, 4.69) is 9.62 Å². The Kier molecular flexibility index (Phi) is 4.68. The first-order valence-corrected chi connectivity index (χ1v) is 8.85. The van der Waals surface area contributed by atoms with Crippen LogP contribution in [0.25, 0.3) is 0 Å². The number of hydrogen-bond donors (Lipinski definition) is 1. The normalized spacial score (nSPS) is 15.3. The van der Waals surface area contributed by atoms with E-state index in [0.29, 0.717) is 13.2 Å². The molecule has 0 spiro atoms. The lowest BCUT2D eigenvalue weighted by molar-refractivity contribution is 0.122. The molecule has 3 rings (SSSR count). The van der Waals surface area contributed by atoms with E-state index in [9.17, 15) is 17.2 Å². The zero-order chi connectivity index (χ0) is 17.2. The molecule has 0 unspecified atom stereocenters. The van der Waals surface area contributed by atoms with Crippen molar-refractivity contribution in [1.29, 1.82) is 0 Å². The number of hydrogen-bond acceptors (Lipinski definition) is 4. The number of sulfonamides is 1. The van der Waals surface area contributed by atoms with Crippen LogP contribution in [0, 0.1) is 11.6 Å². The van der Waals surface area contributed by atoms with Crippen LogP contribution in [-0.2, 0) is 14.8 Å². The number of morpholine rings is 1. The van der Waals surface area contributed by atoms with Crippen LogP contribution in [0.2, 0.25) is 0 Å². The Bertz CT molecular complexity index is 799. The van der Waals surface area contributed by atoms with Gasteiger partial charge >= 0.3 is 0 Å². The van der Waals surface area contributed by atoms with Crippen molar-refractivity contribution in [3.63, 3.8) is 0 Å². The van der Waals surface area contributed by atoms with Crippen LogP contribution in [0.1, 0.15) is 0 Å². The van der Waals surface area contributed by atoms with Crippen LogP contribution in [0.15, 0.2) is 47.4 Å². The van der Waals surface area contributed by atoms with Crippen molar-refractivity contribution >= 4 is 21.4 Å². The van der Waals surface area contributed by atoms with Gasteiger partial charge in [0.05, 0.1) is 13.2 Å². The van der Waals surface area contributed by atoms with E-state index in [1.165, 1.54) is 0 Å². The molecule has 0 radical (unpaired) electrons. The maximum Gasteiger partial charge on any atom is 0.267 e. The third-order valence-corrected chi connectivity index (χ3v) is 5.12. The molecule has 0 saturated carbocycles. The molecular formula is C16H16F2N2O3S. The third-order valence-electron chi connectivity index (χ3n) is 3.68. The molecule has 5 nitrogen and oxygen atoms in total. The predicted molar refractivity (Wildman–Crippen MR) is 86.6 cm³/mol. The number of anilines is 2. The minimum Gasteiger partial charge on any atom is -0.378 e. The summed E-state index contributed by atoms with van der Waals surface area (Å²) in [4.78, 5) is 1.13. The van der Waals surface area contributed by atoms with E-state index in [1.807, 2.05) is 0 Å². The van der Waals surface area contributed by atoms with Gasteiger partial charge in [-0.15, -0.1) is 0 Å². The number of nitrogens with zero attached hydrogens (tertiary/aromatic N) is 1. The highest BCUT2D eigenvalue weighted by Gasteiger charge is 2.24. The monoisotopic (exact) mass is 354 g/mol. The summed E-state index contributed by atoms with van der Waals surface area (Å²) in [6.07, 6.45) is 0. The van der Waals surface area contributed by atoms with Crippen molar-refractivity contribution in [2.75, 3.05) is 35.9 Å². The molecule has 1 fully saturated rings. The van der Waals surface area contributed by atoms with Gasteiger partial charge in [-0.3, -0.25) is 4.72 Å². The van der Waals surface area contributed by atoms with Gasteiger partial charge in [-0.25, -0.2) is 17.2 Å². The molecule has 0 bridgehead atoms. The molecule has 0 aliphatic carbocycles. The highest BCUT2D eigenvalue weighted by molar-refractivity contribution is 7.92. The minimum atomic E-state index is -4.35. The molecule has 0 atom stereocenters. The molecule has 1 aliphatic heterocycles. The van der Waals surface area contributed by atoms with Crippen LogP contribution in [0.4, 0.5) is 20.2 Å². The molecule has 0 aromatic heterocycles. The molecular weight excluding hydrogens is 338 g/mol. The smallest absolute Gasteiger partial charge is 0.267 e. The molecule has 8 heteroatoms. The second-order valence-electron chi connectivity index (χ2n) is 5.30. The molecule has 1 aliphatic rings. The van der Waals surface area contributed by atoms with Crippen molar-refractivity contribution in [2.45, 2.75) is 4.90 Å². The van der Waals surface area contributed by atoms with Crippen molar-refractivity contribution in [2.24, 2.45) is 0 Å². The number of benzene rings is 2. The van der Waals surface area contributed by atoms with E-state index in [-0.39, 0.29) is 5.69 Å². The van der Waals surface area contributed by atoms with Crippen molar-refractivity contribution in [1.82, 2.24) is 0 Å². The summed E-state index contributed by atoms with van der Waals surface area (Å²) in [5.74, 6) is -2.26. The number of halogens is 2. The summed E-state index contributed by atoms with van der Waals surface area (Å²) in [7, 11) is -4.35. The fraction of sp³-hybridized carbons (Fsp3) is 0.250. The fourth-order valence-corrected chi connectivity index (χ4v) is 3.71. The molecule has 128 valence electrons. The second-order valence-corrected chi connectivity index (χ2v) is 6.92. The maximum absolute atomic E-state index is 13.7. The summed E-state index contributed by atoms with van der Waals surface area (Å²) in [5.41, 5.74) is 1.16. The number of nitrogens with one attached hydrogen (secondary N) is 1. The van der Waals surface area contributed by atoms with Crippen LogP contribution in [0.3, 0.4) is 0 Å². The molecule has 2 aromatic carbocycles. The summed E-state index contributed by atoms with van der Waals surface area (Å²) in [5, 5.41) is 0. The van der Waals surface area contributed by atoms with Crippen LogP contribution in [-0.4, -0.2) is 34.7 Å². The summed E-state index contributed by atoms with van der Waals surface area (Å²) in [6, 6.07) is 9.53. The standard InChI is InChI=1S/C16H16F2N2O3S/c17-14-2-1-3-15(18)16(14)24(21,22)19-12-4-6-13(7-5-12)20-8-10-23-11-9-20/h1-7,19H,8-11H2. The Morgan fingerprint density at radius 2 is 1.54 bits per heavy atom. The van der Waals surface area contributed by atoms with Gasteiger partial charge in [-0.2, -0.15) is 0 Å². The number of rotatable bonds is 4. The zero-order valence-corrected chi connectivity index (χ0v) is 13.5. The van der Waals surface area contributed by atoms with Crippen LogP contribution in [0.5, 0.6) is 0 Å². The van der Waals surface area contributed by atoms with Gasteiger partial charge in [0, 0.05) is 24.5 Å². The first-order valence-electron chi connectivity index (χ1n) is 7.37. The molecule has 1 heterocycles. The Hall–Kier alpha value is -2.19. The van der Waals surface area contributed by atoms with Gasteiger partial charge in [0.2, 0.25) is 0 Å². The molecule has 1 N–H and O–H groups in total. The maximum atomic E-state index is 13.7. The van der Waals surface area contributed by atoms with E-state index in [4.69, 9.17) is 4.74 Å². The second kappa shape index (κ2) is 6.74. The average molecular weight is 354 g/mol. The number of ether oxygens (including phenoxy) is 1. The Labute approximate surface area is 138 Å². The van der Waals surface area contributed by atoms with E-state index in [0.717, 1.165) is 37.0 Å². The zero-order valence-electron chi connectivity index (χ0n) is 12.7. The molecule has 0 amide bonds. The van der Waals surface area contributed by atoms with Crippen molar-refractivity contribution in [3.05, 3.63) is 54.1 Å². The first-order chi connectivity index (χ1) is 11.5. The Balaban J connectivity index is 1.80. The SMILES string of the molecule is O=S(=O)(Nc1ccc(N2CCOCC2)cc1)c1c(F)cccc1F. The molecule has 24 heavy (non-hydrogen) atoms. The molecule has 1 saturated heterocycles. The van der Waals surface area contributed by atoms with Gasteiger partial charge in [0.25, 0.3) is 10.0 Å². The highest BCUT2D eigenvalue weighted by Crippen LogP contribution is 2.24. The van der Waals surface area contributed by atoms with Crippen molar-refractivity contribution < 1.29 is 21.9 Å². The first kappa shape index (κ1) is 16.7. The van der Waals surface area contributed by atoms with E-state index in [1.54, 1.807) is 24.3 Å². The largest absolute Gasteiger partial charge is 0.378 e. The van der Waals surface area contributed by atoms with E-state index < -0.39 is 26.6 Å². The van der Waals surface area contributed by atoms with E-state index >= 15 is 0 Å². The molecule has 2 aromatic rings. The van der Waals surface area contributed by atoms with Crippen LogP contribution >= 0.6 is 0 Å². The summed E-state index contributed by atoms with van der Waals surface area (Å²) < 4.78 is 59.3. The lowest BCUT2D eigenvalue weighted by Crippen LogP contribution is -2.36. The highest BCUT2D eigenvalue weighted by atomic mass is 32.2. The lowest BCUT2D eigenvalue weighted by atomic mass is 10.2. The van der Waals surface area contributed by atoms with Gasteiger partial charge < -0.3 is 9.64 Å².